The third kappa shape index (κ3) is 5.12. The van der Waals surface area contributed by atoms with Crippen molar-refractivity contribution < 1.29 is 13.2 Å². The molecule has 1 heterocycles. The summed E-state index contributed by atoms with van der Waals surface area (Å²) in [5.41, 5.74) is 0.882. The van der Waals surface area contributed by atoms with Crippen LogP contribution in [0.2, 0.25) is 0 Å². The Morgan fingerprint density at radius 1 is 1.19 bits per heavy atom. The molecule has 0 bridgehead atoms. The zero-order chi connectivity index (χ0) is 20.0. The SMILES string of the molecule is CCCCc1nnc(NC(=O)c2ccc(C)c(S(=O)(=O)N(CC)CC)c2)s1. The van der Waals surface area contributed by atoms with Gasteiger partial charge in [0.25, 0.3) is 5.91 Å². The highest BCUT2D eigenvalue weighted by atomic mass is 32.2. The van der Waals surface area contributed by atoms with Crippen LogP contribution >= 0.6 is 11.3 Å². The van der Waals surface area contributed by atoms with E-state index in [1.807, 2.05) is 0 Å². The predicted octanol–water partition coefficient (Wildman–Crippen LogP) is 3.47. The number of amides is 1. The number of benzene rings is 1. The number of aromatic nitrogens is 2. The number of rotatable bonds is 9. The fraction of sp³-hybridized carbons (Fsp3) is 0.500. The number of nitrogens with one attached hydrogen (secondary N) is 1. The smallest absolute Gasteiger partial charge is 0.257 e. The minimum atomic E-state index is -3.64. The van der Waals surface area contributed by atoms with Crippen LogP contribution in [-0.4, -0.2) is 41.9 Å². The van der Waals surface area contributed by atoms with E-state index in [0.717, 1.165) is 24.3 Å². The van der Waals surface area contributed by atoms with Gasteiger partial charge in [-0.1, -0.05) is 44.6 Å². The number of carbonyl (C=O) groups is 1. The Kier molecular flexibility index (Phi) is 7.46. The zero-order valence-corrected chi connectivity index (χ0v) is 17.8. The number of hydrogen-bond acceptors (Lipinski definition) is 6. The molecule has 0 unspecified atom stereocenters. The molecule has 7 nitrogen and oxygen atoms in total. The molecule has 9 heteroatoms. The highest BCUT2D eigenvalue weighted by molar-refractivity contribution is 7.89. The average Bonchev–Trinajstić information content (AvgIpc) is 3.08. The quantitative estimate of drug-likeness (QED) is 0.683. The summed E-state index contributed by atoms with van der Waals surface area (Å²) in [6.45, 7) is 8.16. The molecule has 0 fully saturated rings. The zero-order valence-electron chi connectivity index (χ0n) is 16.2. The van der Waals surface area contributed by atoms with Gasteiger partial charge in [0, 0.05) is 25.1 Å². The lowest BCUT2D eigenvalue weighted by molar-refractivity contribution is 0.102. The molecule has 0 saturated carbocycles. The molecule has 148 valence electrons. The lowest BCUT2D eigenvalue weighted by Gasteiger charge is -2.20. The molecule has 0 radical (unpaired) electrons. The van der Waals surface area contributed by atoms with Crippen molar-refractivity contribution in [1.29, 1.82) is 0 Å². The topological polar surface area (TPSA) is 92.3 Å². The number of aryl methyl sites for hydroxylation is 2. The van der Waals surface area contributed by atoms with Crippen molar-refractivity contribution in [3.63, 3.8) is 0 Å². The third-order valence-corrected chi connectivity index (χ3v) is 7.30. The standard InChI is InChI=1S/C18H26N4O3S2/c1-5-8-9-16-20-21-18(26-16)19-17(23)14-11-10-13(4)15(12-14)27(24,25)22(6-2)7-3/h10-12H,5-9H2,1-4H3,(H,19,21,23). The Morgan fingerprint density at radius 2 is 1.89 bits per heavy atom. The van der Waals surface area contributed by atoms with E-state index in [0.29, 0.717) is 23.8 Å². The van der Waals surface area contributed by atoms with Crippen molar-refractivity contribution in [2.45, 2.75) is 51.9 Å². The fourth-order valence-electron chi connectivity index (χ4n) is 2.62. The summed E-state index contributed by atoms with van der Waals surface area (Å²) in [5.74, 6) is -0.399. The second-order valence-electron chi connectivity index (χ2n) is 6.13. The van der Waals surface area contributed by atoms with Crippen molar-refractivity contribution in [3.8, 4) is 0 Å². The Hall–Kier alpha value is -1.84. The Balaban J connectivity index is 2.24. The van der Waals surface area contributed by atoms with Crippen LogP contribution in [-0.2, 0) is 16.4 Å². The molecule has 0 aliphatic carbocycles. The van der Waals surface area contributed by atoms with Gasteiger partial charge in [-0.05, 0) is 31.0 Å². The molecule has 0 spiro atoms. The molecule has 0 aliphatic heterocycles. The van der Waals surface area contributed by atoms with Crippen molar-refractivity contribution in [2.24, 2.45) is 0 Å². The number of nitrogens with zero attached hydrogens (tertiary/aromatic N) is 3. The Labute approximate surface area is 164 Å². The van der Waals surface area contributed by atoms with Gasteiger partial charge in [-0.2, -0.15) is 4.31 Å². The molecule has 0 atom stereocenters. The van der Waals surface area contributed by atoms with Crippen LogP contribution in [0.3, 0.4) is 0 Å². The highest BCUT2D eigenvalue weighted by Crippen LogP contribution is 2.23. The number of carbonyl (C=O) groups excluding carboxylic acids is 1. The van der Waals surface area contributed by atoms with E-state index in [-0.39, 0.29) is 10.5 Å². The van der Waals surface area contributed by atoms with Crippen LogP contribution in [0.25, 0.3) is 0 Å². The van der Waals surface area contributed by atoms with E-state index in [4.69, 9.17) is 0 Å². The third-order valence-electron chi connectivity index (χ3n) is 4.21. The largest absolute Gasteiger partial charge is 0.296 e. The van der Waals surface area contributed by atoms with Crippen LogP contribution in [0, 0.1) is 6.92 Å². The summed E-state index contributed by atoms with van der Waals surface area (Å²) in [6.07, 6.45) is 2.92. The van der Waals surface area contributed by atoms with Crippen LogP contribution < -0.4 is 5.32 Å². The van der Waals surface area contributed by atoms with Gasteiger partial charge < -0.3 is 0 Å². The van der Waals surface area contributed by atoms with Crippen LogP contribution in [0.4, 0.5) is 5.13 Å². The maximum Gasteiger partial charge on any atom is 0.257 e. The van der Waals surface area contributed by atoms with Crippen molar-refractivity contribution in [2.75, 3.05) is 18.4 Å². The first-order chi connectivity index (χ1) is 12.8. The average molecular weight is 411 g/mol. The van der Waals surface area contributed by atoms with E-state index in [2.05, 4.69) is 22.4 Å². The van der Waals surface area contributed by atoms with Crippen molar-refractivity contribution in [3.05, 3.63) is 34.3 Å². The van der Waals surface area contributed by atoms with Gasteiger partial charge in [0.05, 0.1) is 4.90 Å². The number of sulfonamides is 1. The summed E-state index contributed by atoms with van der Waals surface area (Å²) in [5, 5.41) is 12.1. The van der Waals surface area contributed by atoms with Gasteiger partial charge in [0.2, 0.25) is 15.2 Å². The first-order valence-electron chi connectivity index (χ1n) is 9.07. The van der Waals surface area contributed by atoms with Crippen molar-refractivity contribution >= 4 is 32.4 Å². The molecule has 0 saturated heterocycles. The molecule has 1 aromatic heterocycles. The van der Waals surface area contributed by atoms with E-state index in [1.165, 1.54) is 21.7 Å². The Bertz CT molecular complexity index is 890. The van der Waals surface area contributed by atoms with E-state index in [1.54, 1.807) is 32.9 Å². The summed E-state index contributed by atoms with van der Waals surface area (Å²) in [7, 11) is -3.64. The molecular formula is C18H26N4O3S2. The highest BCUT2D eigenvalue weighted by Gasteiger charge is 2.25. The number of hydrogen-bond donors (Lipinski definition) is 1. The van der Waals surface area contributed by atoms with Crippen LogP contribution in [0.15, 0.2) is 23.1 Å². The minimum Gasteiger partial charge on any atom is -0.296 e. The molecule has 1 N–H and O–H groups in total. The second-order valence-corrected chi connectivity index (χ2v) is 9.10. The van der Waals surface area contributed by atoms with Crippen molar-refractivity contribution in [1.82, 2.24) is 14.5 Å². The maximum atomic E-state index is 12.8. The van der Waals surface area contributed by atoms with Gasteiger partial charge in [-0.15, -0.1) is 10.2 Å². The van der Waals surface area contributed by atoms with Gasteiger partial charge >= 0.3 is 0 Å². The van der Waals surface area contributed by atoms with Gasteiger partial charge in [-0.3, -0.25) is 10.1 Å². The lowest BCUT2D eigenvalue weighted by atomic mass is 10.1. The van der Waals surface area contributed by atoms with Gasteiger partial charge in [0.1, 0.15) is 5.01 Å². The van der Waals surface area contributed by atoms with Gasteiger partial charge in [0.15, 0.2) is 0 Å². The molecule has 1 amide bonds. The molecule has 2 rings (SSSR count). The molecule has 2 aromatic rings. The summed E-state index contributed by atoms with van der Waals surface area (Å²) in [6, 6.07) is 4.69. The second kappa shape index (κ2) is 9.38. The van der Waals surface area contributed by atoms with E-state index < -0.39 is 15.9 Å². The molecule has 27 heavy (non-hydrogen) atoms. The summed E-state index contributed by atoms with van der Waals surface area (Å²) < 4.78 is 27.0. The molecular weight excluding hydrogens is 384 g/mol. The van der Waals surface area contributed by atoms with E-state index >= 15 is 0 Å². The van der Waals surface area contributed by atoms with Gasteiger partial charge in [-0.25, -0.2) is 8.42 Å². The van der Waals surface area contributed by atoms with Crippen LogP contribution in [0.5, 0.6) is 0 Å². The summed E-state index contributed by atoms with van der Waals surface area (Å²) in [4.78, 5) is 12.7. The van der Waals surface area contributed by atoms with E-state index in [9.17, 15) is 13.2 Å². The predicted molar refractivity (Wildman–Crippen MR) is 108 cm³/mol. The first kappa shape index (κ1) is 21.5. The lowest BCUT2D eigenvalue weighted by Crippen LogP contribution is -2.31. The normalized spacial score (nSPS) is 11.7. The monoisotopic (exact) mass is 410 g/mol. The number of unbranched alkanes of at least 4 members (excludes halogenated alkanes) is 1. The molecule has 1 aromatic carbocycles. The maximum absolute atomic E-state index is 12.8. The fourth-order valence-corrected chi connectivity index (χ4v) is 5.11. The molecule has 0 aliphatic rings. The summed E-state index contributed by atoms with van der Waals surface area (Å²) >= 11 is 1.34. The minimum absolute atomic E-state index is 0.153. The number of anilines is 1. The van der Waals surface area contributed by atoms with Crippen LogP contribution in [0.1, 0.15) is 54.5 Å². The first-order valence-corrected chi connectivity index (χ1v) is 11.3. The Morgan fingerprint density at radius 3 is 2.52 bits per heavy atom.